The van der Waals surface area contributed by atoms with Crippen molar-refractivity contribution < 1.29 is 13.2 Å². The van der Waals surface area contributed by atoms with Crippen molar-refractivity contribution >= 4 is 16.0 Å². The highest BCUT2D eigenvalue weighted by Gasteiger charge is 2.11. The molecule has 0 saturated carbocycles. The van der Waals surface area contributed by atoms with Gasteiger partial charge in [-0.05, 0) is 37.7 Å². The summed E-state index contributed by atoms with van der Waals surface area (Å²) in [4.78, 5) is 4.44. The van der Waals surface area contributed by atoms with Gasteiger partial charge in [-0.3, -0.25) is 4.99 Å². The number of guanidine groups is 1. The van der Waals surface area contributed by atoms with Crippen LogP contribution in [0.25, 0.3) is 0 Å². The molecule has 8 heteroatoms. The third-order valence-electron chi connectivity index (χ3n) is 3.88. The van der Waals surface area contributed by atoms with E-state index in [4.69, 9.17) is 4.74 Å². The van der Waals surface area contributed by atoms with Crippen molar-refractivity contribution in [2.75, 3.05) is 20.7 Å². The fourth-order valence-electron chi connectivity index (χ4n) is 2.47. The number of para-hydroxylation sites is 1. The van der Waals surface area contributed by atoms with Crippen LogP contribution in [0.3, 0.4) is 0 Å². The van der Waals surface area contributed by atoms with Crippen molar-refractivity contribution in [3.8, 4) is 5.75 Å². The first kappa shape index (κ1) is 20.7. The Bertz CT molecular complexity index is 882. The van der Waals surface area contributed by atoms with Crippen molar-refractivity contribution in [1.29, 1.82) is 0 Å². The Hall–Kier alpha value is -2.58. The lowest BCUT2D eigenvalue weighted by molar-refractivity contribution is 0.336. The zero-order chi connectivity index (χ0) is 19.7. The van der Waals surface area contributed by atoms with Gasteiger partial charge >= 0.3 is 0 Å². The number of nitrogens with one attached hydrogen (secondary N) is 3. The van der Waals surface area contributed by atoms with E-state index < -0.39 is 10.0 Å². The van der Waals surface area contributed by atoms with E-state index in [1.165, 1.54) is 7.05 Å². The minimum absolute atomic E-state index is 0.234. The predicted octanol–water partition coefficient (Wildman–Crippen LogP) is 1.86. The van der Waals surface area contributed by atoms with Crippen LogP contribution in [-0.2, 0) is 23.1 Å². The summed E-state index contributed by atoms with van der Waals surface area (Å²) in [7, 11) is -0.378. The smallest absolute Gasteiger partial charge is 0.240 e. The molecule has 7 nitrogen and oxygen atoms in total. The SMILES string of the molecule is CCOc1ccccc1CNC(=NC)NCc1cccc(S(=O)(=O)NC)c1. The van der Waals surface area contributed by atoms with Crippen LogP contribution < -0.4 is 20.1 Å². The van der Waals surface area contributed by atoms with Crippen molar-refractivity contribution in [3.63, 3.8) is 0 Å². The average Bonchev–Trinajstić information content (AvgIpc) is 2.69. The lowest BCUT2D eigenvalue weighted by atomic mass is 10.2. The van der Waals surface area contributed by atoms with Gasteiger partial charge in [-0.2, -0.15) is 0 Å². The maximum atomic E-state index is 11.9. The topological polar surface area (TPSA) is 91.8 Å². The Kier molecular flexibility index (Phi) is 7.63. The summed E-state index contributed by atoms with van der Waals surface area (Å²) in [6, 6.07) is 14.6. The van der Waals surface area contributed by atoms with Crippen LogP contribution in [0.1, 0.15) is 18.1 Å². The predicted molar refractivity (Wildman–Crippen MR) is 107 cm³/mol. The van der Waals surface area contributed by atoms with Gasteiger partial charge < -0.3 is 15.4 Å². The van der Waals surface area contributed by atoms with Gasteiger partial charge in [0.05, 0.1) is 11.5 Å². The molecule has 2 aromatic carbocycles. The fourth-order valence-corrected chi connectivity index (χ4v) is 3.27. The minimum Gasteiger partial charge on any atom is -0.494 e. The quantitative estimate of drug-likeness (QED) is 0.473. The molecule has 2 aromatic rings. The molecule has 27 heavy (non-hydrogen) atoms. The number of rotatable bonds is 8. The highest BCUT2D eigenvalue weighted by molar-refractivity contribution is 7.89. The molecular weight excluding hydrogens is 364 g/mol. The average molecular weight is 391 g/mol. The monoisotopic (exact) mass is 390 g/mol. The molecule has 0 aliphatic rings. The standard InChI is InChI=1S/C19H26N4O3S/c1-4-26-18-11-6-5-9-16(18)14-23-19(20-2)22-13-15-8-7-10-17(12-15)27(24,25)21-3/h5-12,21H,4,13-14H2,1-3H3,(H2,20,22,23). The van der Waals surface area contributed by atoms with Crippen LogP contribution in [0, 0.1) is 0 Å². The molecule has 146 valence electrons. The van der Waals surface area contributed by atoms with Crippen LogP contribution in [0.4, 0.5) is 0 Å². The normalized spacial score (nSPS) is 11.9. The third kappa shape index (κ3) is 5.97. The maximum absolute atomic E-state index is 11.9. The Morgan fingerprint density at radius 3 is 2.52 bits per heavy atom. The third-order valence-corrected chi connectivity index (χ3v) is 5.29. The van der Waals surface area contributed by atoms with Gasteiger partial charge in [-0.15, -0.1) is 0 Å². The highest BCUT2D eigenvalue weighted by atomic mass is 32.2. The Morgan fingerprint density at radius 2 is 1.81 bits per heavy atom. The number of benzene rings is 2. The molecule has 0 fully saturated rings. The first-order valence-corrected chi connectivity index (χ1v) is 10.2. The minimum atomic E-state index is -3.46. The second-order valence-electron chi connectivity index (χ2n) is 5.68. The lowest BCUT2D eigenvalue weighted by Gasteiger charge is -2.14. The van der Waals surface area contributed by atoms with Gasteiger partial charge in [-0.25, -0.2) is 13.1 Å². The second kappa shape index (κ2) is 9.94. The van der Waals surface area contributed by atoms with Gasteiger partial charge in [0, 0.05) is 25.7 Å². The molecule has 0 aromatic heterocycles. The van der Waals surface area contributed by atoms with Crippen molar-refractivity contribution in [2.45, 2.75) is 24.9 Å². The van der Waals surface area contributed by atoms with Crippen LogP contribution in [-0.4, -0.2) is 35.1 Å². The zero-order valence-corrected chi connectivity index (χ0v) is 16.6. The van der Waals surface area contributed by atoms with Crippen LogP contribution in [0.2, 0.25) is 0 Å². The van der Waals surface area contributed by atoms with Gasteiger partial charge in [0.15, 0.2) is 5.96 Å². The van der Waals surface area contributed by atoms with Gasteiger partial charge in [0.1, 0.15) is 5.75 Å². The molecule has 2 rings (SSSR count). The molecular formula is C19H26N4O3S. The fraction of sp³-hybridized carbons (Fsp3) is 0.316. The van der Waals surface area contributed by atoms with Gasteiger partial charge in [0.2, 0.25) is 10.0 Å². The van der Waals surface area contributed by atoms with E-state index in [0.717, 1.165) is 16.9 Å². The number of sulfonamides is 1. The Balaban J connectivity index is 1.98. The summed E-state index contributed by atoms with van der Waals surface area (Å²) in [6.45, 7) is 3.56. The summed E-state index contributed by atoms with van der Waals surface area (Å²) < 4.78 is 31.8. The molecule has 0 atom stereocenters. The molecule has 0 radical (unpaired) electrons. The van der Waals surface area contributed by atoms with E-state index in [-0.39, 0.29) is 4.90 Å². The number of hydrogen-bond donors (Lipinski definition) is 3. The van der Waals surface area contributed by atoms with E-state index >= 15 is 0 Å². The molecule has 0 spiro atoms. The van der Waals surface area contributed by atoms with Gasteiger partial charge in [-0.1, -0.05) is 30.3 Å². The summed E-state index contributed by atoms with van der Waals surface area (Å²) in [6.07, 6.45) is 0. The first-order valence-electron chi connectivity index (χ1n) is 8.68. The van der Waals surface area contributed by atoms with Crippen LogP contribution in [0.15, 0.2) is 58.4 Å². The molecule has 0 saturated heterocycles. The largest absolute Gasteiger partial charge is 0.494 e. The van der Waals surface area contributed by atoms with E-state index in [1.54, 1.807) is 25.2 Å². The molecule has 0 aliphatic heterocycles. The Labute approximate surface area is 160 Å². The summed E-state index contributed by atoms with van der Waals surface area (Å²) >= 11 is 0. The number of hydrogen-bond acceptors (Lipinski definition) is 4. The van der Waals surface area contributed by atoms with E-state index in [2.05, 4.69) is 20.3 Å². The molecule has 3 N–H and O–H groups in total. The number of aliphatic imine (C=N–C) groups is 1. The lowest BCUT2D eigenvalue weighted by Crippen LogP contribution is -2.36. The zero-order valence-electron chi connectivity index (χ0n) is 15.8. The van der Waals surface area contributed by atoms with E-state index in [1.807, 2.05) is 37.3 Å². The van der Waals surface area contributed by atoms with Crippen LogP contribution >= 0.6 is 0 Å². The molecule has 0 unspecified atom stereocenters. The first-order chi connectivity index (χ1) is 13.0. The summed E-state index contributed by atoms with van der Waals surface area (Å²) in [5.74, 6) is 1.45. The van der Waals surface area contributed by atoms with Gasteiger partial charge in [0.25, 0.3) is 0 Å². The van der Waals surface area contributed by atoms with E-state index in [0.29, 0.717) is 25.7 Å². The maximum Gasteiger partial charge on any atom is 0.240 e. The molecule has 0 bridgehead atoms. The number of nitrogens with zero attached hydrogens (tertiary/aromatic N) is 1. The summed E-state index contributed by atoms with van der Waals surface area (Å²) in [5.41, 5.74) is 1.87. The highest BCUT2D eigenvalue weighted by Crippen LogP contribution is 2.17. The van der Waals surface area contributed by atoms with Crippen molar-refractivity contribution in [3.05, 3.63) is 59.7 Å². The van der Waals surface area contributed by atoms with E-state index in [9.17, 15) is 8.42 Å². The molecule has 0 heterocycles. The molecule has 0 aliphatic carbocycles. The molecule has 0 amide bonds. The number of ether oxygens (including phenoxy) is 1. The summed E-state index contributed by atoms with van der Waals surface area (Å²) in [5, 5.41) is 6.43. The van der Waals surface area contributed by atoms with Crippen LogP contribution in [0.5, 0.6) is 5.75 Å². The Morgan fingerprint density at radius 1 is 1.07 bits per heavy atom. The van der Waals surface area contributed by atoms with Crippen molar-refractivity contribution in [2.24, 2.45) is 4.99 Å². The van der Waals surface area contributed by atoms with Crippen molar-refractivity contribution in [1.82, 2.24) is 15.4 Å². The second-order valence-corrected chi connectivity index (χ2v) is 7.56.